The minimum atomic E-state index is -3.95. The zero-order valence-electron chi connectivity index (χ0n) is 12.3. The molecule has 2 rings (SSSR count). The fourth-order valence-corrected chi connectivity index (χ4v) is 6.14. The molecular formula is C14H18N2O4S2. The van der Waals surface area contributed by atoms with Gasteiger partial charge in [-0.3, -0.25) is 4.79 Å². The predicted octanol–water partition coefficient (Wildman–Crippen LogP) is 1.18. The van der Waals surface area contributed by atoms with Crippen molar-refractivity contribution in [2.75, 3.05) is 24.6 Å². The molecule has 0 radical (unpaired) electrons. The first-order chi connectivity index (χ1) is 10.3. The fraction of sp³-hybridized carbons (Fsp3) is 0.357. The van der Waals surface area contributed by atoms with Crippen LogP contribution in [0.1, 0.15) is 5.56 Å². The summed E-state index contributed by atoms with van der Waals surface area (Å²) in [6.45, 7) is 5.68. The summed E-state index contributed by atoms with van der Waals surface area (Å²) in [4.78, 5) is 13.0. The first-order valence-electron chi connectivity index (χ1n) is 6.73. The second-order valence-electron chi connectivity index (χ2n) is 5.07. The maximum atomic E-state index is 12.6. The number of rotatable bonds is 3. The highest BCUT2D eigenvalue weighted by atomic mass is 32.3. The Morgan fingerprint density at radius 3 is 2.32 bits per heavy atom. The van der Waals surface area contributed by atoms with Crippen molar-refractivity contribution in [3.63, 3.8) is 0 Å². The van der Waals surface area contributed by atoms with E-state index in [2.05, 4.69) is 10.3 Å². The molecule has 6 nitrogen and oxygen atoms in total. The summed E-state index contributed by atoms with van der Waals surface area (Å²) in [5.74, 6) is -0.141. The van der Waals surface area contributed by atoms with E-state index in [4.69, 9.17) is 0 Å². The monoisotopic (exact) mass is 342 g/mol. The van der Waals surface area contributed by atoms with Gasteiger partial charge in [0.2, 0.25) is 5.91 Å². The van der Waals surface area contributed by atoms with E-state index >= 15 is 0 Å². The lowest BCUT2D eigenvalue weighted by Crippen LogP contribution is -2.43. The summed E-state index contributed by atoms with van der Waals surface area (Å²) < 4.78 is 40.8. The van der Waals surface area contributed by atoms with Gasteiger partial charge in [0.1, 0.15) is 0 Å². The van der Waals surface area contributed by atoms with E-state index in [9.17, 15) is 17.4 Å². The van der Waals surface area contributed by atoms with Gasteiger partial charge in [-0.15, -0.1) is 3.77 Å². The Kier molecular flexibility index (Phi) is 4.72. The summed E-state index contributed by atoms with van der Waals surface area (Å²) in [5.41, 5.74) is 0.930. The molecule has 0 bridgehead atoms. The maximum Gasteiger partial charge on any atom is 0.290 e. The van der Waals surface area contributed by atoms with Crippen LogP contribution in [-0.2, 0) is 24.5 Å². The Balaban J connectivity index is 2.25. The zero-order chi connectivity index (χ0) is 16.4. The van der Waals surface area contributed by atoms with Gasteiger partial charge in [-0.05, 0) is 25.1 Å². The Labute approximate surface area is 131 Å². The molecule has 0 N–H and O–H groups in total. The van der Waals surface area contributed by atoms with Gasteiger partial charge in [0, 0.05) is 13.1 Å². The van der Waals surface area contributed by atoms with Crippen LogP contribution in [0.5, 0.6) is 0 Å². The number of aryl methyl sites for hydroxylation is 1. The molecular weight excluding hydrogens is 324 g/mol. The summed E-state index contributed by atoms with van der Waals surface area (Å²) in [6.07, 6.45) is 1.19. The summed E-state index contributed by atoms with van der Waals surface area (Å²) >= 11 is 0. The number of sulfonamides is 1. The molecule has 1 aliphatic rings. The van der Waals surface area contributed by atoms with E-state index in [1.807, 2.05) is 6.92 Å². The van der Waals surface area contributed by atoms with Crippen LogP contribution >= 0.6 is 0 Å². The quantitative estimate of drug-likeness (QED) is 0.772. The molecule has 0 unspecified atom stereocenters. The smallest absolute Gasteiger partial charge is 0.290 e. The molecule has 1 heterocycles. The Morgan fingerprint density at radius 1 is 1.27 bits per heavy atom. The number of carbonyl (C=O) groups is 1. The van der Waals surface area contributed by atoms with Crippen molar-refractivity contribution in [1.29, 1.82) is 0 Å². The van der Waals surface area contributed by atoms with E-state index in [1.54, 1.807) is 12.1 Å². The number of benzene rings is 1. The standard InChI is InChI=1S/C14H18N2O4S2/c1-3-14(17)16-8-10-21(18,11-9-16)15-22(19,20)13-6-4-12(2)5-7-13/h3-7H,1,8-11H2,2H3. The number of carbonyl (C=O) groups excluding carboxylic acids is 1. The largest absolute Gasteiger partial charge is 0.337 e. The zero-order valence-corrected chi connectivity index (χ0v) is 13.9. The lowest BCUT2D eigenvalue weighted by Gasteiger charge is -2.27. The third-order valence-corrected chi connectivity index (χ3v) is 7.78. The van der Waals surface area contributed by atoms with Crippen molar-refractivity contribution in [3.05, 3.63) is 42.5 Å². The third-order valence-electron chi connectivity index (χ3n) is 3.40. The van der Waals surface area contributed by atoms with Crippen LogP contribution in [0.15, 0.2) is 45.6 Å². The van der Waals surface area contributed by atoms with Gasteiger partial charge in [0.15, 0.2) is 0 Å². The Morgan fingerprint density at radius 2 is 1.82 bits per heavy atom. The van der Waals surface area contributed by atoms with Crippen molar-refractivity contribution >= 4 is 25.7 Å². The number of amides is 1. The van der Waals surface area contributed by atoms with Crippen LogP contribution in [-0.4, -0.2) is 48.0 Å². The van der Waals surface area contributed by atoms with E-state index < -0.39 is 19.8 Å². The molecule has 0 atom stereocenters. The van der Waals surface area contributed by atoms with Crippen LogP contribution in [0.3, 0.4) is 0 Å². The topological polar surface area (TPSA) is 83.9 Å². The van der Waals surface area contributed by atoms with E-state index in [-0.39, 0.29) is 35.4 Å². The summed E-state index contributed by atoms with van der Waals surface area (Å²) in [7, 11) is -6.82. The molecule has 0 aliphatic carbocycles. The van der Waals surface area contributed by atoms with Gasteiger partial charge >= 0.3 is 0 Å². The van der Waals surface area contributed by atoms with Crippen LogP contribution in [0, 0.1) is 6.92 Å². The van der Waals surface area contributed by atoms with Gasteiger partial charge in [-0.2, -0.15) is 8.42 Å². The minimum absolute atomic E-state index is 0.0328. The number of hydrogen-bond acceptors (Lipinski definition) is 4. The molecule has 120 valence electrons. The molecule has 1 saturated heterocycles. The fourth-order valence-electron chi connectivity index (χ4n) is 2.08. The first kappa shape index (κ1) is 16.7. The Hall–Kier alpha value is -1.67. The molecule has 1 aromatic rings. The second-order valence-corrected chi connectivity index (χ2v) is 9.45. The lowest BCUT2D eigenvalue weighted by molar-refractivity contribution is -0.125. The second kappa shape index (κ2) is 6.21. The average Bonchev–Trinajstić information content (AvgIpc) is 2.46. The molecule has 1 aliphatic heterocycles. The summed E-state index contributed by atoms with van der Waals surface area (Å²) in [6, 6.07) is 6.24. The van der Waals surface area contributed by atoms with Crippen LogP contribution < -0.4 is 0 Å². The molecule has 0 spiro atoms. The van der Waals surface area contributed by atoms with Crippen LogP contribution in [0.4, 0.5) is 0 Å². The highest BCUT2D eigenvalue weighted by Gasteiger charge is 2.26. The first-order valence-corrected chi connectivity index (χ1v) is 10.0. The highest BCUT2D eigenvalue weighted by molar-refractivity contribution is 8.03. The average molecular weight is 342 g/mol. The minimum Gasteiger partial charge on any atom is -0.337 e. The highest BCUT2D eigenvalue weighted by Crippen LogP contribution is 2.17. The normalized spacial score (nSPS) is 17.8. The van der Waals surface area contributed by atoms with Crippen molar-refractivity contribution < 1.29 is 17.4 Å². The van der Waals surface area contributed by atoms with Gasteiger partial charge in [0.25, 0.3) is 10.0 Å². The molecule has 22 heavy (non-hydrogen) atoms. The lowest BCUT2D eigenvalue weighted by atomic mass is 10.2. The SMILES string of the molecule is C=CC(=O)N1CCS(=O)(=NS(=O)(=O)c2ccc(C)cc2)CC1. The molecule has 0 saturated carbocycles. The van der Waals surface area contributed by atoms with Crippen LogP contribution in [0.2, 0.25) is 0 Å². The molecule has 1 fully saturated rings. The Bertz CT molecular complexity index is 790. The summed E-state index contributed by atoms with van der Waals surface area (Å²) in [5, 5.41) is 0. The third kappa shape index (κ3) is 3.75. The van der Waals surface area contributed by atoms with Crippen molar-refractivity contribution in [2.45, 2.75) is 11.8 Å². The van der Waals surface area contributed by atoms with Crippen LogP contribution in [0.25, 0.3) is 0 Å². The van der Waals surface area contributed by atoms with E-state index in [0.29, 0.717) is 0 Å². The van der Waals surface area contributed by atoms with Gasteiger partial charge in [-0.1, -0.05) is 24.3 Å². The molecule has 1 amide bonds. The van der Waals surface area contributed by atoms with Crippen molar-refractivity contribution in [3.8, 4) is 0 Å². The van der Waals surface area contributed by atoms with E-state index in [1.165, 1.54) is 23.1 Å². The van der Waals surface area contributed by atoms with Gasteiger partial charge in [0.05, 0.1) is 26.1 Å². The molecule has 1 aromatic carbocycles. The predicted molar refractivity (Wildman–Crippen MR) is 85.4 cm³/mol. The maximum absolute atomic E-state index is 12.6. The number of hydrogen-bond donors (Lipinski definition) is 0. The van der Waals surface area contributed by atoms with Crippen molar-refractivity contribution in [2.24, 2.45) is 3.77 Å². The number of nitrogens with zero attached hydrogens (tertiary/aromatic N) is 2. The van der Waals surface area contributed by atoms with Gasteiger partial charge < -0.3 is 4.90 Å². The van der Waals surface area contributed by atoms with Crippen molar-refractivity contribution in [1.82, 2.24) is 4.90 Å². The molecule has 0 aromatic heterocycles. The molecule has 8 heteroatoms. The van der Waals surface area contributed by atoms with E-state index in [0.717, 1.165) is 5.56 Å². The van der Waals surface area contributed by atoms with Gasteiger partial charge in [-0.25, -0.2) is 4.21 Å².